The molecule has 2 rings (SSSR count). The number of benzene rings is 1. The Bertz CT molecular complexity index is 990. The maximum atomic E-state index is 13.1. The van der Waals surface area contributed by atoms with Crippen LogP contribution in [-0.4, -0.2) is 38.3 Å². The Balaban J connectivity index is 2.39. The number of carbonyl (C=O) groups excluding carboxylic acids is 1. The van der Waals surface area contributed by atoms with Crippen molar-refractivity contribution in [2.45, 2.75) is 37.4 Å². The molecule has 0 saturated heterocycles. The molecule has 1 heterocycles. The summed E-state index contributed by atoms with van der Waals surface area (Å²) in [7, 11) is -3.56. The highest BCUT2D eigenvalue weighted by molar-refractivity contribution is 7.90. The molecule has 1 aromatic heterocycles. The van der Waals surface area contributed by atoms with Crippen molar-refractivity contribution in [3.8, 4) is 17.0 Å². The molecule has 0 spiro atoms. The summed E-state index contributed by atoms with van der Waals surface area (Å²) in [5.74, 6) is -0.540. The average Bonchev–Trinajstić information content (AvgIpc) is 2.59. The normalized spacial score (nSPS) is 13.0. The van der Waals surface area contributed by atoms with Gasteiger partial charge in [0.15, 0.2) is 9.84 Å². The number of carbonyl (C=O) groups is 1. The Morgan fingerprint density at radius 3 is 2.52 bits per heavy atom. The summed E-state index contributed by atoms with van der Waals surface area (Å²) >= 11 is 0. The second kappa shape index (κ2) is 8.81. The number of pyridine rings is 1. The van der Waals surface area contributed by atoms with E-state index in [-0.39, 0.29) is 28.5 Å². The van der Waals surface area contributed by atoms with Gasteiger partial charge in [0.2, 0.25) is 5.88 Å². The second-order valence-electron chi connectivity index (χ2n) is 6.43. The van der Waals surface area contributed by atoms with Gasteiger partial charge in [-0.3, -0.25) is 4.79 Å². The zero-order chi connectivity index (χ0) is 21.8. The van der Waals surface area contributed by atoms with Gasteiger partial charge < -0.3 is 9.47 Å². The molecule has 6 nitrogen and oxygen atoms in total. The quantitative estimate of drug-likeness (QED) is 0.619. The van der Waals surface area contributed by atoms with E-state index < -0.39 is 33.7 Å². The van der Waals surface area contributed by atoms with Gasteiger partial charge in [0.1, 0.15) is 6.10 Å². The fourth-order valence-electron chi connectivity index (χ4n) is 2.49. The monoisotopic (exact) mass is 431 g/mol. The average molecular weight is 431 g/mol. The van der Waals surface area contributed by atoms with Crippen LogP contribution >= 0.6 is 0 Å². The minimum absolute atomic E-state index is 0.00506. The highest BCUT2D eigenvalue weighted by Gasteiger charge is 2.32. The van der Waals surface area contributed by atoms with E-state index in [9.17, 15) is 26.4 Å². The molecule has 0 radical (unpaired) electrons. The summed E-state index contributed by atoms with van der Waals surface area (Å²) in [4.78, 5) is 14.7. The van der Waals surface area contributed by atoms with Gasteiger partial charge in [0, 0.05) is 31.4 Å². The summed E-state index contributed by atoms with van der Waals surface area (Å²) in [6.45, 7) is 2.95. The zero-order valence-corrected chi connectivity index (χ0v) is 16.8. The third kappa shape index (κ3) is 6.45. The lowest BCUT2D eigenvalue weighted by Gasteiger charge is -2.16. The summed E-state index contributed by atoms with van der Waals surface area (Å²) in [5.41, 5.74) is -0.766. The molecule has 1 unspecified atom stereocenters. The van der Waals surface area contributed by atoms with Crippen molar-refractivity contribution in [1.29, 1.82) is 0 Å². The number of nitrogens with zero attached hydrogens (tertiary/aromatic N) is 1. The molecule has 10 heteroatoms. The van der Waals surface area contributed by atoms with Crippen molar-refractivity contribution in [2.24, 2.45) is 0 Å². The summed E-state index contributed by atoms with van der Waals surface area (Å²) in [5, 5.41) is 0. The van der Waals surface area contributed by atoms with Crippen molar-refractivity contribution in [1.82, 2.24) is 4.98 Å². The van der Waals surface area contributed by atoms with Gasteiger partial charge in [-0.05, 0) is 30.7 Å². The van der Waals surface area contributed by atoms with Gasteiger partial charge in [-0.2, -0.15) is 13.2 Å². The summed E-state index contributed by atoms with van der Waals surface area (Å²) in [6, 6.07) is 6.37. The Morgan fingerprint density at radius 1 is 1.24 bits per heavy atom. The van der Waals surface area contributed by atoms with Crippen LogP contribution < -0.4 is 4.74 Å². The number of hydrogen-bond donors (Lipinski definition) is 0. The Labute approximate surface area is 166 Å². The number of esters is 1. The number of hydrogen-bond acceptors (Lipinski definition) is 6. The van der Waals surface area contributed by atoms with Crippen LogP contribution in [0.3, 0.4) is 0 Å². The van der Waals surface area contributed by atoms with E-state index in [1.165, 1.54) is 31.2 Å². The molecule has 0 aliphatic carbocycles. The minimum atomic E-state index is -4.63. The number of aromatic nitrogens is 1. The van der Waals surface area contributed by atoms with E-state index in [1.807, 2.05) is 0 Å². The molecule has 0 N–H and O–H groups in total. The first-order valence-electron chi connectivity index (χ1n) is 8.55. The van der Waals surface area contributed by atoms with Gasteiger partial charge in [0.25, 0.3) is 0 Å². The highest BCUT2D eigenvalue weighted by Crippen LogP contribution is 2.36. The molecule has 1 atom stereocenters. The van der Waals surface area contributed by atoms with Gasteiger partial charge >= 0.3 is 12.1 Å². The lowest BCUT2D eigenvalue weighted by Crippen LogP contribution is -2.16. The van der Waals surface area contributed by atoms with Gasteiger partial charge in [-0.1, -0.05) is 12.1 Å². The molecule has 0 fully saturated rings. The third-order valence-corrected chi connectivity index (χ3v) is 4.99. The van der Waals surface area contributed by atoms with Crippen LogP contribution in [0.2, 0.25) is 0 Å². The Kier molecular flexibility index (Phi) is 6.89. The molecule has 0 aliphatic heterocycles. The highest BCUT2D eigenvalue weighted by atomic mass is 32.2. The molecule has 2 aromatic rings. The number of rotatable bonds is 7. The SMILES string of the molecule is CC(=O)OC(C)CCOc1ncc(C(F)(F)F)cc1-c1cccc(S(C)(=O)=O)c1. The largest absolute Gasteiger partial charge is 0.477 e. The predicted molar refractivity (Wildman–Crippen MR) is 99.1 cm³/mol. The van der Waals surface area contributed by atoms with Crippen LogP contribution in [0.4, 0.5) is 13.2 Å². The smallest absolute Gasteiger partial charge is 0.417 e. The lowest BCUT2D eigenvalue weighted by molar-refractivity contribution is -0.146. The second-order valence-corrected chi connectivity index (χ2v) is 8.45. The van der Waals surface area contributed by atoms with Gasteiger partial charge in [0.05, 0.1) is 17.1 Å². The Morgan fingerprint density at radius 2 is 1.93 bits per heavy atom. The third-order valence-electron chi connectivity index (χ3n) is 3.88. The van der Waals surface area contributed by atoms with Crippen LogP contribution in [0, 0.1) is 0 Å². The molecule has 1 aromatic carbocycles. The summed E-state index contributed by atoms with van der Waals surface area (Å²) < 4.78 is 73.5. The molecular weight excluding hydrogens is 411 g/mol. The summed E-state index contributed by atoms with van der Waals surface area (Å²) in [6.07, 6.45) is -3.12. The molecular formula is C19H20F3NO5S. The van der Waals surface area contributed by atoms with Crippen LogP contribution in [-0.2, 0) is 25.5 Å². The van der Waals surface area contributed by atoms with E-state index in [1.54, 1.807) is 6.92 Å². The van der Waals surface area contributed by atoms with E-state index in [0.717, 1.165) is 12.3 Å². The molecule has 0 aliphatic rings. The van der Waals surface area contributed by atoms with E-state index >= 15 is 0 Å². The number of ether oxygens (including phenoxy) is 2. The van der Waals surface area contributed by atoms with Crippen LogP contribution in [0.15, 0.2) is 41.4 Å². The molecule has 0 saturated carbocycles. The fraction of sp³-hybridized carbons (Fsp3) is 0.368. The van der Waals surface area contributed by atoms with Crippen molar-refractivity contribution < 1.29 is 35.9 Å². The molecule has 0 bridgehead atoms. The van der Waals surface area contributed by atoms with E-state index in [4.69, 9.17) is 9.47 Å². The predicted octanol–water partition coefficient (Wildman–Crippen LogP) is 3.89. The van der Waals surface area contributed by atoms with Crippen LogP contribution in [0.1, 0.15) is 25.8 Å². The Hall–Kier alpha value is -2.62. The minimum Gasteiger partial charge on any atom is -0.477 e. The van der Waals surface area contributed by atoms with Crippen molar-refractivity contribution >= 4 is 15.8 Å². The van der Waals surface area contributed by atoms with Gasteiger partial charge in [-0.15, -0.1) is 0 Å². The van der Waals surface area contributed by atoms with Crippen LogP contribution in [0.5, 0.6) is 5.88 Å². The van der Waals surface area contributed by atoms with Crippen molar-refractivity contribution in [2.75, 3.05) is 12.9 Å². The standard InChI is InChI=1S/C19H20F3NO5S/c1-12(28-13(2)24)7-8-27-18-17(10-15(11-23-18)19(20,21)22)14-5-4-6-16(9-14)29(3,25)26/h4-6,9-12H,7-8H2,1-3H3. The first-order valence-corrected chi connectivity index (χ1v) is 10.4. The van der Waals surface area contributed by atoms with Gasteiger partial charge in [-0.25, -0.2) is 13.4 Å². The lowest BCUT2D eigenvalue weighted by atomic mass is 10.1. The topological polar surface area (TPSA) is 82.6 Å². The molecule has 0 amide bonds. The first kappa shape index (κ1) is 22.7. The molecule has 29 heavy (non-hydrogen) atoms. The maximum Gasteiger partial charge on any atom is 0.417 e. The van der Waals surface area contributed by atoms with E-state index in [0.29, 0.717) is 12.6 Å². The molecule has 158 valence electrons. The number of halogens is 3. The zero-order valence-electron chi connectivity index (χ0n) is 16.0. The van der Waals surface area contributed by atoms with E-state index in [2.05, 4.69) is 4.98 Å². The first-order chi connectivity index (χ1) is 13.4. The maximum absolute atomic E-state index is 13.1. The number of sulfone groups is 1. The van der Waals surface area contributed by atoms with Crippen LogP contribution in [0.25, 0.3) is 11.1 Å². The fourth-order valence-corrected chi connectivity index (χ4v) is 3.15. The number of alkyl halides is 3. The van der Waals surface area contributed by atoms with Crippen molar-refractivity contribution in [3.63, 3.8) is 0 Å². The van der Waals surface area contributed by atoms with Crippen molar-refractivity contribution in [3.05, 3.63) is 42.1 Å².